The molecule has 5 N–H and O–H groups in total. The maximum atomic E-state index is 11.7. The second-order valence-corrected chi connectivity index (χ2v) is 4.63. The van der Waals surface area contributed by atoms with Crippen molar-refractivity contribution in [3.63, 3.8) is 0 Å². The number of aliphatic hydroxyl groups is 4. The minimum absolute atomic E-state index is 0.650. The highest BCUT2D eigenvalue weighted by Gasteiger charge is 2.57. The van der Waals surface area contributed by atoms with Crippen LogP contribution in [-0.4, -0.2) is 60.5 Å². The molecule has 0 radical (unpaired) electrons. The molecule has 1 aromatic rings. The monoisotopic (exact) mass is 298 g/mol. The number of hydrogen-bond donors (Lipinski definition) is 5. The highest BCUT2D eigenvalue weighted by molar-refractivity contribution is 5.21. The van der Waals surface area contributed by atoms with E-state index in [1.807, 2.05) is 10.9 Å². The Kier molecular flexibility index (Phi) is 3.99. The topological polar surface area (TPSA) is 145 Å². The van der Waals surface area contributed by atoms with Gasteiger partial charge in [0.1, 0.15) is 18.3 Å². The zero-order valence-electron chi connectivity index (χ0n) is 10.7. The van der Waals surface area contributed by atoms with Crippen LogP contribution in [0.3, 0.4) is 0 Å². The van der Waals surface area contributed by atoms with E-state index in [4.69, 9.17) is 16.3 Å². The Balaban J connectivity index is 2.46. The number of aromatic amines is 1. The molecule has 0 spiro atoms. The largest absolute Gasteiger partial charge is 0.394 e. The summed E-state index contributed by atoms with van der Waals surface area (Å²) in [6, 6.07) is 1.02. The molecule has 1 aromatic heterocycles. The van der Waals surface area contributed by atoms with Crippen molar-refractivity contribution in [3.05, 3.63) is 33.1 Å². The number of H-pyrrole nitrogens is 1. The lowest BCUT2D eigenvalue weighted by Crippen LogP contribution is -2.52. The summed E-state index contributed by atoms with van der Waals surface area (Å²) in [6.45, 7) is -0.769. The second-order valence-electron chi connectivity index (χ2n) is 4.63. The fraction of sp³-hybridized carbons (Fsp3) is 0.500. The normalized spacial score (nSPS) is 33.6. The van der Waals surface area contributed by atoms with E-state index in [-0.39, 0.29) is 0 Å². The van der Waals surface area contributed by atoms with Gasteiger partial charge in [-0.15, -0.1) is 6.42 Å². The van der Waals surface area contributed by atoms with E-state index >= 15 is 0 Å². The Morgan fingerprint density at radius 3 is 2.76 bits per heavy atom. The van der Waals surface area contributed by atoms with Crippen molar-refractivity contribution in [2.24, 2.45) is 0 Å². The van der Waals surface area contributed by atoms with Crippen LogP contribution < -0.4 is 11.2 Å². The first kappa shape index (κ1) is 15.4. The summed E-state index contributed by atoms with van der Waals surface area (Å²) < 4.78 is 6.05. The van der Waals surface area contributed by atoms with Crippen LogP contribution in [0, 0.1) is 12.3 Å². The molecule has 0 unspecified atom stereocenters. The molecular formula is C12H14N2O7. The van der Waals surface area contributed by atoms with Crippen molar-refractivity contribution in [1.29, 1.82) is 0 Å². The SMILES string of the molecule is C#C[C@@]1(O)[C@@H]([C@H](O)CO)O[C@@H](n2ccc(=O)[nH]c2=O)[C@@H]1O. The van der Waals surface area contributed by atoms with Crippen molar-refractivity contribution >= 4 is 0 Å². The van der Waals surface area contributed by atoms with Crippen molar-refractivity contribution in [3.8, 4) is 12.3 Å². The summed E-state index contributed by atoms with van der Waals surface area (Å²) in [6.07, 6.45) is -0.0340. The molecule has 0 bridgehead atoms. The molecule has 1 fully saturated rings. The summed E-state index contributed by atoms with van der Waals surface area (Å²) in [4.78, 5) is 24.7. The minimum Gasteiger partial charge on any atom is -0.394 e. The Hall–Kier alpha value is -1.96. The molecule has 9 nitrogen and oxygen atoms in total. The summed E-state index contributed by atoms with van der Waals surface area (Å²) in [5.74, 6) is 1.91. The van der Waals surface area contributed by atoms with Crippen LogP contribution in [0.4, 0.5) is 0 Å². The van der Waals surface area contributed by atoms with Crippen molar-refractivity contribution in [1.82, 2.24) is 9.55 Å². The fourth-order valence-electron chi connectivity index (χ4n) is 2.21. The molecule has 0 amide bonds. The maximum absolute atomic E-state index is 11.7. The van der Waals surface area contributed by atoms with Crippen LogP contribution in [0.2, 0.25) is 0 Å². The molecule has 2 rings (SSSR count). The Labute approximate surface area is 118 Å². The van der Waals surface area contributed by atoms with Gasteiger partial charge < -0.3 is 25.2 Å². The highest BCUT2D eigenvalue weighted by atomic mass is 16.6. The molecule has 9 heteroatoms. The molecule has 0 aromatic carbocycles. The van der Waals surface area contributed by atoms with Gasteiger partial charge in [-0.3, -0.25) is 14.3 Å². The van der Waals surface area contributed by atoms with Gasteiger partial charge in [0.05, 0.1) is 6.61 Å². The van der Waals surface area contributed by atoms with Gasteiger partial charge in [-0.2, -0.15) is 0 Å². The van der Waals surface area contributed by atoms with Crippen molar-refractivity contribution < 1.29 is 25.2 Å². The second kappa shape index (κ2) is 5.44. The average Bonchev–Trinajstić information content (AvgIpc) is 2.72. The van der Waals surface area contributed by atoms with E-state index in [9.17, 15) is 24.9 Å². The van der Waals surface area contributed by atoms with E-state index in [1.165, 1.54) is 0 Å². The quantitative estimate of drug-likeness (QED) is 0.364. The summed E-state index contributed by atoms with van der Waals surface area (Å²) in [7, 11) is 0. The van der Waals surface area contributed by atoms with E-state index in [1.54, 1.807) is 0 Å². The van der Waals surface area contributed by atoms with Crippen LogP contribution in [0.25, 0.3) is 0 Å². The maximum Gasteiger partial charge on any atom is 0.330 e. The Morgan fingerprint density at radius 2 is 2.24 bits per heavy atom. The van der Waals surface area contributed by atoms with Gasteiger partial charge in [-0.05, 0) is 0 Å². The first-order valence-corrected chi connectivity index (χ1v) is 5.99. The third-order valence-electron chi connectivity index (χ3n) is 3.33. The number of rotatable bonds is 3. The predicted molar refractivity (Wildman–Crippen MR) is 68.1 cm³/mol. The van der Waals surface area contributed by atoms with Gasteiger partial charge >= 0.3 is 5.69 Å². The Morgan fingerprint density at radius 1 is 1.57 bits per heavy atom. The lowest BCUT2D eigenvalue weighted by Gasteiger charge is -2.27. The highest BCUT2D eigenvalue weighted by Crippen LogP contribution is 2.37. The van der Waals surface area contributed by atoms with Gasteiger partial charge in [0.2, 0.25) is 0 Å². The molecular weight excluding hydrogens is 284 g/mol. The van der Waals surface area contributed by atoms with Crippen LogP contribution in [0.5, 0.6) is 0 Å². The molecule has 0 aliphatic carbocycles. The molecule has 1 aliphatic heterocycles. The zero-order valence-corrected chi connectivity index (χ0v) is 10.7. The van der Waals surface area contributed by atoms with Gasteiger partial charge in [-0.1, -0.05) is 5.92 Å². The fourth-order valence-corrected chi connectivity index (χ4v) is 2.21. The molecule has 0 saturated carbocycles. The Bertz CT molecular complexity index is 675. The number of aliphatic hydroxyl groups excluding tert-OH is 3. The van der Waals surface area contributed by atoms with E-state index in [0.29, 0.717) is 0 Å². The predicted octanol–water partition coefficient (Wildman–Crippen LogP) is -3.49. The molecule has 2 heterocycles. The smallest absolute Gasteiger partial charge is 0.330 e. The molecule has 1 saturated heterocycles. The third kappa shape index (κ3) is 2.39. The first-order chi connectivity index (χ1) is 9.85. The number of nitrogens with zero attached hydrogens (tertiary/aromatic N) is 1. The van der Waals surface area contributed by atoms with Crippen molar-refractivity contribution in [2.75, 3.05) is 6.61 Å². The molecule has 21 heavy (non-hydrogen) atoms. The standard InChI is InChI=1S/C12H14N2O7/c1-2-12(20)8(18)10(21-9(12)6(16)5-15)14-4-3-7(17)13-11(14)19/h1,3-4,6,8-10,15-16,18,20H,5H2,(H,13,17,19)/t6-,8+,9-,10-,12+/m1/s1. The molecule has 5 atom stereocenters. The van der Waals surface area contributed by atoms with Gasteiger partial charge in [-0.25, -0.2) is 4.79 Å². The average molecular weight is 298 g/mol. The van der Waals surface area contributed by atoms with Crippen LogP contribution >= 0.6 is 0 Å². The van der Waals surface area contributed by atoms with Gasteiger partial charge in [0.15, 0.2) is 11.8 Å². The van der Waals surface area contributed by atoms with E-state index < -0.39 is 48.0 Å². The number of ether oxygens (including phenoxy) is 1. The minimum atomic E-state index is -2.30. The van der Waals surface area contributed by atoms with Crippen LogP contribution in [-0.2, 0) is 4.74 Å². The van der Waals surface area contributed by atoms with E-state index in [2.05, 4.69) is 0 Å². The zero-order chi connectivity index (χ0) is 15.8. The van der Waals surface area contributed by atoms with Crippen LogP contribution in [0.1, 0.15) is 6.23 Å². The molecule has 1 aliphatic rings. The number of hydrogen-bond acceptors (Lipinski definition) is 7. The first-order valence-electron chi connectivity index (χ1n) is 5.99. The lowest BCUT2D eigenvalue weighted by molar-refractivity contribution is -0.111. The summed E-state index contributed by atoms with van der Waals surface area (Å²) in [5.41, 5.74) is -3.84. The number of terminal acetylenes is 1. The number of nitrogens with one attached hydrogen (secondary N) is 1. The lowest BCUT2D eigenvalue weighted by atomic mass is 9.90. The van der Waals surface area contributed by atoms with Crippen molar-refractivity contribution in [2.45, 2.75) is 30.1 Å². The molecule has 114 valence electrons. The van der Waals surface area contributed by atoms with Crippen LogP contribution in [0.15, 0.2) is 21.9 Å². The summed E-state index contributed by atoms with van der Waals surface area (Å²) >= 11 is 0. The third-order valence-corrected chi connectivity index (χ3v) is 3.33. The van der Waals surface area contributed by atoms with Gasteiger partial charge in [0.25, 0.3) is 5.56 Å². The number of aromatic nitrogens is 2. The van der Waals surface area contributed by atoms with E-state index in [0.717, 1.165) is 16.8 Å². The summed E-state index contributed by atoms with van der Waals surface area (Å²) in [5, 5.41) is 38.9. The van der Waals surface area contributed by atoms with Gasteiger partial charge in [0, 0.05) is 12.3 Å².